The molecular weight excluding hydrogens is 396 g/mol. The van der Waals surface area contributed by atoms with Gasteiger partial charge in [0.1, 0.15) is 11.3 Å². The number of allylic oxidation sites excluding steroid dienone is 1. The van der Waals surface area contributed by atoms with Crippen LogP contribution < -0.4 is 19.8 Å². The van der Waals surface area contributed by atoms with Crippen molar-refractivity contribution in [2.24, 2.45) is 0 Å². The maximum absolute atomic E-state index is 12.7. The molecule has 0 N–H and O–H groups in total. The SMILES string of the molecule is CCC=CCCOc1ccc2c(OC(C)C)c(OC(=O)c3ccccc3)c(=O)oc2c1. The average molecular weight is 422 g/mol. The van der Waals surface area contributed by atoms with Crippen molar-refractivity contribution in [3.63, 3.8) is 0 Å². The minimum atomic E-state index is -0.796. The number of hydrogen-bond acceptors (Lipinski definition) is 6. The molecule has 6 nitrogen and oxygen atoms in total. The van der Waals surface area contributed by atoms with E-state index in [-0.39, 0.29) is 17.6 Å². The highest BCUT2D eigenvalue weighted by molar-refractivity contribution is 5.93. The molecule has 31 heavy (non-hydrogen) atoms. The molecule has 0 saturated heterocycles. The quantitative estimate of drug-likeness (QED) is 0.195. The third-order valence-electron chi connectivity index (χ3n) is 4.31. The summed E-state index contributed by atoms with van der Waals surface area (Å²) in [4.78, 5) is 25.2. The highest BCUT2D eigenvalue weighted by atomic mass is 16.6. The first-order valence-electron chi connectivity index (χ1n) is 10.3. The lowest BCUT2D eigenvalue weighted by atomic mass is 10.2. The van der Waals surface area contributed by atoms with E-state index >= 15 is 0 Å². The van der Waals surface area contributed by atoms with E-state index in [1.807, 2.05) is 13.8 Å². The molecule has 2 aromatic carbocycles. The molecule has 3 rings (SSSR count). The minimum Gasteiger partial charge on any atom is -0.493 e. The number of rotatable bonds is 9. The largest absolute Gasteiger partial charge is 0.493 e. The smallest absolute Gasteiger partial charge is 0.383 e. The van der Waals surface area contributed by atoms with Crippen LogP contribution >= 0.6 is 0 Å². The van der Waals surface area contributed by atoms with Crippen LogP contribution in [0.2, 0.25) is 0 Å². The Labute approximate surface area is 181 Å². The van der Waals surface area contributed by atoms with E-state index in [9.17, 15) is 9.59 Å². The molecular formula is C25H26O6. The molecule has 1 heterocycles. The maximum atomic E-state index is 12.7. The van der Waals surface area contributed by atoms with Crippen LogP contribution in [0.4, 0.5) is 0 Å². The first kappa shape index (κ1) is 22.2. The van der Waals surface area contributed by atoms with Crippen molar-refractivity contribution in [1.82, 2.24) is 0 Å². The Kier molecular flexibility index (Phi) is 7.49. The molecule has 162 valence electrons. The molecule has 0 aliphatic rings. The molecule has 0 spiro atoms. The number of esters is 1. The predicted octanol–water partition coefficient (Wildman–Crippen LogP) is 5.53. The van der Waals surface area contributed by atoms with Crippen LogP contribution in [0.1, 0.15) is 44.0 Å². The van der Waals surface area contributed by atoms with E-state index in [2.05, 4.69) is 19.1 Å². The second kappa shape index (κ2) is 10.5. The lowest BCUT2D eigenvalue weighted by molar-refractivity contribution is 0.0718. The summed E-state index contributed by atoms with van der Waals surface area (Å²) < 4.78 is 22.4. The number of ether oxygens (including phenoxy) is 3. The Morgan fingerprint density at radius 1 is 1.06 bits per heavy atom. The van der Waals surface area contributed by atoms with Gasteiger partial charge in [0.2, 0.25) is 0 Å². The molecule has 1 aromatic heterocycles. The molecule has 0 radical (unpaired) electrons. The zero-order valence-corrected chi connectivity index (χ0v) is 17.9. The van der Waals surface area contributed by atoms with E-state index in [0.717, 1.165) is 12.8 Å². The number of carbonyl (C=O) groups is 1. The summed E-state index contributed by atoms with van der Waals surface area (Å²) in [5, 5.41) is 0.516. The monoisotopic (exact) mass is 422 g/mol. The fourth-order valence-corrected chi connectivity index (χ4v) is 2.92. The van der Waals surface area contributed by atoms with E-state index in [1.165, 1.54) is 0 Å². The minimum absolute atomic E-state index is 0.169. The second-order valence-corrected chi connectivity index (χ2v) is 7.14. The Balaban J connectivity index is 1.94. The summed E-state index contributed by atoms with van der Waals surface area (Å²) >= 11 is 0. The van der Waals surface area contributed by atoms with E-state index in [4.69, 9.17) is 18.6 Å². The van der Waals surface area contributed by atoms with Crippen molar-refractivity contribution < 1.29 is 23.4 Å². The summed E-state index contributed by atoms with van der Waals surface area (Å²) in [5.74, 6) is -0.192. The second-order valence-electron chi connectivity index (χ2n) is 7.14. The molecule has 0 saturated carbocycles. The van der Waals surface area contributed by atoms with E-state index in [0.29, 0.717) is 28.9 Å². The molecule has 0 amide bonds. The lowest BCUT2D eigenvalue weighted by Gasteiger charge is -2.15. The Morgan fingerprint density at radius 3 is 2.55 bits per heavy atom. The highest BCUT2D eigenvalue weighted by Gasteiger charge is 2.22. The molecule has 0 fully saturated rings. The van der Waals surface area contributed by atoms with E-state index in [1.54, 1.807) is 48.5 Å². The van der Waals surface area contributed by atoms with Gasteiger partial charge < -0.3 is 18.6 Å². The maximum Gasteiger partial charge on any atom is 0.383 e. The summed E-state index contributed by atoms with van der Waals surface area (Å²) in [6, 6.07) is 13.6. The summed E-state index contributed by atoms with van der Waals surface area (Å²) in [6.07, 6.45) is 5.66. The zero-order valence-electron chi connectivity index (χ0n) is 17.9. The topological polar surface area (TPSA) is 75.0 Å². The van der Waals surface area contributed by atoms with Gasteiger partial charge in [-0.15, -0.1) is 0 Å². The van der Waals surface area contributed by atoms with Crippen LogP contribution in [0.3, 0.4) is 0 Å². The molecule has 6 heteroatoms. The first-order chi connectivity index (χ1) is 15.0. The molecule has 0 unspecified atom stereocenters. The van der Waals surface area contributed by atoms with Gasteiger partial charge >= 0.3 is 11.6 Å². The zero-order chi connectivity index (χ0) is 22.2. The van der Waals surface area contributed by atoms with Crippen LogP contribution in [0.25, 0.3) is 11.0 Å². The van der Waals surface area contributed by atoms with Crippen molar-refractivity contribution in [1.29, 1.82) is 0 Å². The fraction of sp³-hybridized carbons (Fsp3) is 0.280. The van der Waals surface area contributed by atoms with Crippen LogP contribution in [0, 0.1) is 0 Å². The van der Waals surface area contributed by atoms with Gasteiger partial charge in [0.25, 0.3) is 5.75 Å². The third kappa shape index (κ3) is 5.75. The van der Waals surface area contributed by atoms with Crippen LogP contribution in [-0.4, -0.2) is 18.7 Å². The third-order valence-corrected chi connectivity index (χ3v) is 4.31. The van der Waals surface area contributed by atoms with Crippen molar-refractivity contribution >= 4 is 16.9 Å². The van der Waals surface area contributed by atoms with Gasteiger partial charge in [-0.1, -0.05) is 37.3 Å². The van der Waals surface area contributed by atoms with Gasteiger partial charge in [-0.3, -0.25) is 0 Å². The Hall–Kier alpha value is -3.54. The van der Waals surface area contributed by atoms with Gasteiger partial charge in [0.15, 0.2) is 5.75 Å². The number of benzene rings is 2. The summed E-state index contributed by atoms with van der Waals surface area (Å²) in [5.41, 5.74) is -0.185. The first-order valence-corrected chi connectivity index (χ1v) is 10.3. The van der Waals surface area contributed by atoms with Crippen LogP contribution in [0.15, 0.2) is 69.9 Å². The van der Waals surface area contributed by atoms with E-state index < -0.39 is 11.6 Å². The summed E-state index contributed by atoms with van der Waals surface area (Å²) in [7, 11) is 0. The number of hydrogen-bond donors (Lipinski definition) is 0. The van der Waals surface area contributed by atoms with Gasteiger partial charge in [-0.25, -0.2) is 9.59 Å². The average Bonchev–Trinajstić information content (AvgIpc) is 2.76. The van der Waals surface area contributed by atoms with Crippen LogP contribution in [-0.2, 0) is 0 Å². The number of carbonyl (C=O) groups excluding carboxylic acids is 1. The normalized spacial score (nSPS) is 11.2. The number of fused-ring (bicyclic) bond motifs is 1. The molecule has 3 aromatic rings. The molecule has 0 atom stereocenters. The van der Waals surface area contributed by atoms with Gasteiger partial charge in [0.05, 0.1) is 23.7 Å². The predicted molar refractivity (Wildman–Crippen MR) is 119 cm³/mol. The standard InChI is InChI=1S/C25H26O6/c1-4-5-6-10-15-28-19-13-14-20-21(16-19)30-25(27)23(22(20)29-17(2)3)31-24(26)18-11-8-7-9-12-18/h5-9,11-14,16-17H,4,10,15H2,1-3H3. The highest BCUT2D eigenvalue weighted by Crippen LogP contribution is 2.35. The van der Waals surface area contributed by atoms with Crippen molar-refractivity contribution in [2.75, 3.05) is 6.61 Å². The summed E-state index contributed by atoms with van der Waals surface area (Å²) in [6.45, 7) is 6.23. The van der Waals surface area contributed by atoms with Crippen molar-refractivity contribution in [2.45, 2.75) is 39.7 Å². The fourth-order valence-electron chi connectivity index (χ4n) is 2.92. The molecule has 0 aliphatic carbocycles. The Bertz CT molecular complexity index is 1110. The van der Waals surface area contributed by atoms with Gasteiger partial charge in [-0.2, -0.15) is 0 Å². The van der Waals surface area contributed by atoms with Gasteiger partial charge in [-0.05, 0) is 51.0 Å². The lowest BCUT2D eigenvalue weighted by Crippen LogP contribution is -2.17. The van der Waals surface area contributed by atoms with Gasteiger partial charge in [0, 0.05) is 6.07 Å². The van der Waals surface area contributed by atoms with Crippen molar-refractivity contribution in [3.05, 3.63) is 76.7 Å². The Morgan fingerprint density at radius 2 is 1.84 bits per heavy atom. The van der Waals surface area contributed by atoms with Crippen LogP contribution in [0.5, 0.6) is 17.2 Å². The van der Waals surface area contributed by atoms with Crippen molar-refractivity contribution in [3.8, 4) is 17.2 Å². The molecule has 0 bridgehead atoms. The molecule has 0 aliphatic heterocycles.